The number of unbranched alkanes of at least 4 members (excludes halogenated alkanes) is 1. The minimum atomic E-state index is -0.459. The SMILES string of the molecule is CCCC[C@](C)(CNC(C)=O)Nc1nc(NCc2ccc(OC)cc2OC)nc2cc(O)cnc12. The molecule has 35 heavy (non-hydrogen) atoms. The van der Waals surface area contributed by atoms with Crippen LogP contribution in [0.5, 0.6) is 17.2 Å². The van der Waals surface area contributed by atoms with E-state index in [1.165, 1.54) is 13.1 Å². The molecule has 0 saturated heterocycles. The molecule has 10 nitrogen and oxygen atoms in total. The summed E-state index contributed by atoms with van der Waals surface area (Å²) < 4.78 is 10.8. The number of pyridine rings is 1. The molecular formula is C25H34N6O4. The van der Waals surface area contributed by atoms with E-state index in [1.807, 2.05) is 25.1 Å². The van der Waals surface area contributed by atoms with E-state index in [9.17, 15) is 9.90 Å². The van der Waals surface area contributed by atoms with Gasteiger partial charge in [-0.05, 0) is 25.5 Å². The van der Waals surface area contributed by atoms with Gasteiger partial charge < -0.3 is 30.5 Å². The van der Waals surface area contributed by atoms with Crippen LogP contribution in [0.15, 0.2) is 30.5 Å². The third-order valence-electron chi connectivity index (χ3n) is 5.68. The fourth-order valence-corrected chi connectivity index (χ4v) is 3.71. The number of hydrogen-bond donors (Lipinski definition) is 4. The third kappa shape index (κ3) is 6.84. The molecule has 10 heteroatoms. The smallest absolute Gasteiger partial charge is 0.225 e. The Morgan fingerprint density at radius 3 is 2.66 bits per heavy atom. The Kier molecular flexibility index (Phi) is 8.51. The first kappa shape index (κ1) is 25.8. The molecule has 4 N–H and O–H groups in total. The first-order chi connectivity index (χ1) is 16.8. The summed E-state index contributed by atoms with van der Waals surface area (Å²) in [5, 5.41) is 19.6. The van der Waals surface area contributed by atoms with Gasteiger partial charge in [-0.15, -0.1) is 0 Å². The van der Waals surface area contributed by atoms with Crippen LogP contribution in [0.4, 0.5) is 11.8 Å². The highest BCUT2D eigenvalue weighted by atomic mass is 16.5. The normalized spacial score (nSPS) is 12.6. The Balaban J connectivity index is 1.94. The summed E-state index contributed by atoms with van der Waals surface area (Å²) >= 11 is 0. The lowest BCUT2D eigenvalue weighted by Gasteiger charge is -2.32. The van der Waals surface area contributed by atoms with E-state index >= 15 is 0 Å². The van der Waals surface area contributed by atoms with E-state index in [4.69, 9.17) is 14.5 Å². The maximum Gasteiger partial charge on any atom is 0.225 e. The number of carbonyl (C=O) groups is 1. The van der Waals surface area contributed by atoms with Gasteiger partial charge in [-0.25, -0.2) is 9.97 Å². The number of ether oxygens (including phenoxy) is 2. The van der Waals surface area contributed by atoms with Crippen molar-refractivity contribution in [2.24, 2.45) is 0 Å². The van der Waals surface area contributed by atoms with E-state index in [0.717, 1.165) is 24.8 Å². The van der Waals surface area contributed by atoms with Crippen molar-refractivity contribution in [1.29, 1.82) is 0 Å². The van der Waals surface area contributed by atoms with Gasteiger partial charge >= 0.3 is 0 Å². The van der Waals surface area contributed by atoms with Gasteiger partial charge in [0.1, 0.15) is 28.3 Å². The fraction of sp³-hybridized carbons (Fsp3) is 0.440. The quantitative estimate of drug-likeness (QED) is 0.304. The molecule has 0 aliphatic carbocycles. The lowest BCUT2D eigenvalue weighted by atomic mass is 9.94. The van der Waals surface area contributed by atoms with Crippen molar-refractivity contribution in [3.8, 4) is 17.2 Å². The lowest BCUT2D eigenvalue weighted by molar-refractivity contribution is -0.119. The molecule has 0 fully saturated rings. The fourth-order valence-electron chi connectivity index (χ4n) is 3.71. The van der Waals surface area contributed by atoms with Crippen molar-refractivity contribution in [2.75, 3.05) is 31.4 Å². The number of fused-ring (bicyclic) bond motifs is 1. The number of hydrogen-bond acceptors (Lipinski definition) is 9. The number of methoxy groups -OCH3 is 2. The first-order valence-corrected chi connectivity index (χ1v) is 11.6. The highest BCUT2D eigenvalue weighted by Gasteiger charge is 2.26. The van der Waals surface area contributed by atoms with Crippen molar-refractivity contribution in [3.63, 3.8) is 0 Å². The van der Waals surface area contributed by atoms with Crippen LogP contribution in [0.3, 0.4) is 0 Å². The van der Waals surface area contributed by atoms with Gasteiger partial charge in [-0.2, -0.15) is 4.98 Å². The molecule has 3 rings (SSSR count). The second kappa shape index (κ2) is 11.5. The zero-order chi connectivity index (χ0) is 25.4. The lowest BCUT2D eigenvalue weighted by Crippen LogP contribution is -2.46. The van der Waals surface area contributed by atoms with Crippen LogP contribution in [0.25, 0.3) is 11.0 Å². The zero-order valence-corrected chi connectivity index (χ0v) is 20.9. The topological polar surface area (TPSA) is 131 Å². The molecule has 0 unspecified atom stereocenters. The summed E-state index contributed by atoms with van der Waals surface area (Å²) in [4.78, 5) is 25.2. The zero-order valence-electron chi connectivity index (χ0n) is 20.9. The number of aromatic nitrogens is 3. The van der Waals surface area contributed by atoms with Gasteiger partial charge in [-0.1, -0.05) is 19.8 Å². The number of amides is 1. The maximum atomic E-state index is 11.6. The second-order valence-corrected chi connectivity index (χ2v) is 8.69. The van der Waals surface area contributed by atoms with E-state index in [0.29, 0.717) is 47.4 Å². The van der Waals surface area contributed by atoms with Crippen molar-refractivity contribution >= 4 is 28.7 Å². The van der Waals surface area contributed by atoms with Gasteiger partial charge in [0.05, 0.1) is 26.0 Å². The minimum absolute atomic E-state index is 0.0110. The number of carbonyl (C=O) groups excluding carboxylic acids is 1. The Labute approximate surface area is 205 Å². The van der Waals surface area contributed by atoms with Gasteiger partial charge in [0.2, 0.25) is 11.9 Å². The molecule has 188 valence electrons. The Bertz CT molecular complexity index is 1170. The minimum Gasteiger partial charge on any atom is -0.506 e. The summed E-state index contributed by atoms with van der Waals surface area (Å²) in [6.07, 6.45) is 4.18. The summed E-state index contributed by atoms with van der Waals surface area (Å²) in [6.45, 7) is 6.50. The van der Waals surface area contributed by atoms with Gasteiger partial charge in [-0.3, -0.25) is 4.79 Å². The number of rotatable bonds is 12. The molecule has 0 aliphatic rings. The van der Waals surface area contributed by atoms with E-state index in [-0.39, 0.29) is 11.7 Å². The van der Waals surface area contributed by atoms with Gasteiger partial charge in [0.15, 0.2) is 5.82 Å². The van der Waals surface area contributed by atoms with Crippen LogP contribution >= 0.6 is 0 Å². The van der Waals surface area contributed by atoms with E-state index < -0.39 is 5.54 Å². The van der Waals surface area contributed by atoms with Gasteiger partial charge in [0, 0.05) is 37.7 Å². The Morgan fingerprint density at radius 2 is 1.97 bits per heavy atom. The molecule has 2 aromatic heterocycles. The number of anilines is 2. The van der Waals surface area contributed by atoms with Crippen LogP contribution in [0.1, 0.15) is 45.6 Å². The van der Waals surface area contributed by atoms with Crippen molar-refractivity contribution in [1.82, 2.24) is 20.3 Å². The number of benzene rings is 1. The van der Waals surface area contributed by atoms with Crippen LogP contribution < -0.4 is 25.4 Å². The third-order valence-corrected chi connectivity index (χ3v) is 5.68. The highest BCUT2D eigenvalue weighted by molar-refractivity contribution is 5.87. The van der Waals surface area contributed by atoms with Crippen molar-refractivity contribution < 1.29 is 19.4 Å². The molecule has 0 spiro atoms. The first-order valence-electron chi connectivity index (χ1n) is 11.6. The molecule has 1 amide bonds. The molecule has 0 radical (unpaired) electrons. The molecule has 0 aliphatic heterocycles. The predicted octanol–water partition coefficient (Wildman–Crippen LogP) is 3.86. The monoisotopic (exact) mass is 482 g/mol. The molecule has 3 aromatic rings. The average molecular weight is 483 g/mol. The van der Waals surface area contributed by atoms with Crippen LogP contribution in [-0.2, 0) is 11.3 Å². The maximum absolute atomic E-state index is 11.6. The number of nitrogens with zero attached hydrogens (tertiary/aromatic N) is 3. The number of nitrogens with one attached hydrogen (secondary N) is 3. The summed E-state index contributed by atoms with van der Waals surface area (Å²) in [6, 6.07) is 7.13. The molecule has 1 aromatic carbocycles. The van der Waals surface area contributed by atoms with Crippen LogP contribution in [-0.4, -0.2) is 52.3 Å². The standard InChI is InChI=1S/C25H34N6O4/c1-6-7-10-25(3,15-28-16(2)32)31-23-22-20(11-18(33)14-26-22)29-24(30-23)27-13-17-8-9-19(34-4)12-21(17)35-5/h8-9,11-12,14,33H,6-7,10,13,15H2,1-5H3,(H,28,32)(H2,27,29,30,31)/t25-/m1/s1. The summed E-state index contributed by atoms with van der Waals surface area (Å²) in [5.74, 6) is 2.17. The Morgan fingerprint density at radius 1 is 1.17 bits per heavy atom. The second-order valence-electron chi connectivity index (χ2n) is 8.69. The summed E-state index contributed by atoms with van der Waals surface area (Å²) in [5.41, 5.74) is 1.46. The van der Waals surface area contributed by atoms with Crippen molar-refractivity contribution in [3.05, 3.63) is 36.0 Å². The molecular weight excluding hydrogens is 448 g/mol. The van der Waals surface area contributed by atoms with E-state index in [1.54, 1.807) is 20.3 Å². The molecule has 2 heterocycles. The molecule has 0 bridgehead atoms. The van der Waals surface area contributed by atoms with Crippen LogP contribution in [0, 0.1) is 0 Å². The highest BCUT2D eigenvalue weighted by Crippen LogP contribution is 2.29. The van der Waals surface area contributed by atoms with Crippen LogP contribution in [0.2, 0.25) is 0 Å². The largest absolute Gasteiger partial charge is 0.506 e. The van der Waals surface area contributed by atoms with Crippen molar-refractivity contribution in [2.45, 2.75) is 52.1 Å². The van der Waals surface area contributed by atoms with Gasteiger partial charge in [0.25, 0.3) is 0 Å². The number of aromatic hydroxyl groups is 1. The average Bonchev–Trinajstić information content (AvgIpc) is 2.84. The van der Waals surface area contributed by atoms with E-state index in [2.05, 4.69) is 32.8 Å². The Hall–Kier alpha value is -3.82. The molecule has 1 atom stereocenters. The predicted molar refractivity (Wildman–Crippen MR) is 136 cm³/mol. The molecule has 0 saturated carbocycles. The summed E-state index contributed by atoms with van der Waals surface area (Å²) in [7, 11) is 3.21.